The number of sulfonamides is 1. The lowest BCUT2D eigenvalue weighted by Crippen LogP contribution is -2.47. The Bertz CT molecular complexity index is 748. The van der Waals surface area contributed by atoms with Crippen molar-refractivity contribution in [1.82, 2.24) is 19.1 Å². The molecule has 0 amide bonds. The molecule has 1 aromatic heterocycles. The summed E-state index contributed by atoms with van der Waals surface area (Å²) in [6, 6.07) is 3.92. The third kappa shape index (κ3) is 5.29. The van der Waals surface area contributed by atoms with Gasteiger partial charge in [0.1, 0.15) is 10.7 Å². The van der Waals surface area contributed by atoms with E-state index in [1.54, 1.807) is 10.4 Å². The molecule has 2 saturated heterocycles. The fourth-order valence-corrected chi connectivity index (χ4v) is 6.19. The third-order valence-electron chi connectivity index (χ3n) is 6.77. The Labute approximate surface area is 175 Å². The second-order valence-electron chi connectivity index (χ2n) is 8.96. The van der Waals surface area contributed by atoms with E-state index in [1.807, 2.05) is 13.1 Å². The van der Waals surface area contributed by atoms with Crippen molar-refractivity contribution in [2.45, 2.75) is 49.5 Å². The number of piperazine rings is 1. The molecule has 1 aromatic rings. The highest BCUT2D eigenvalue weighted by Gasteiger charge is 2.28. The maximum atomic E-state index is 12.8. The highest BCUT2D eigenvalue weighted by atomic mass is 32.2. The number of rotatable bonds is 6. The molecule has 0 aromatic carbocycles. The highest BCUT2D eigenvalue weighted by Crippen LogP contribution is 2.27. The van der Waals surface area contributed by atoms with E-state index < -0.39 is 10.0 Å². The molecule has 1 N–H and O–H groups in total. The first-order chi connectivity index (χ1) is 14.0. The van der Waals surface area contributed by atoms with Gasteiger partial charge in [-0.1, -0.05) is 12.8 Å². The minimum absolute atomic E-state index is 0.291. The number of nitrogens with one attached hydrogen (secondary N) is 1. The minimum Gasteiger partial charge on any atom is -0.367 e. The molecular weight excluding hydrogens is 386 g/mol. The largest absolute Gasteiger partial charge is 0.367 e. The SMILES string of the molecule is CN1CCN(S(=O)(=O)c2ccc(NC3CCN(CC4CCCC4)CC3)nc2)CC1. The van der Waals surface area contributed by atoms with E-state index in [4.69, 9.17) is 0 Å². The van der Waals surface area contributed by atoms with Crippen molar-refractivity contribution >= 4 is 15.8 Å². The summed E-state index contributed by atoms with van der Waals surface area (Å²) in [5.74, 6) is 1.69. The van der Waals surface area contributed by atoms with Crippen LogP contribution < -0.4 is 5.32 Å². The molecule has 8 heteroatoms. The van der Waals surface area contributed by atoms with Crippen molar-refractivity contribution in [1.29, 1.82) is 0 Å². The first kappa shape index (κ1) is 21.0. The second-order valence-corrected chi connectivity index (χ2v) is 10.9. The highest BCUT2D eigenvalue weighted by molar-refractivity contribution is 7.89. The van der Waals surface area contributed by atoms with Gasteiger partial charge >= 0.3 is 0 Å². The van der Waals surface area contributed by atoms with Crippen LogP contribution in [-0.4, -0.2) is 86.4 Å². The molecule has 2 aliphatic heterocycles. The molecule has 7 nitrogen and oxygen atoms in total. The number of likely N-dealkylation sites (tertiary alicyclic amines) is 1. The third-order valence-corrected chi connectivity index (χ3v) is 8.65. The molecule has 4 rings (SSSR count). The van der Waals surface area contributed by atoms with Crippen LogP contribution in [0.15, 0.2) is 23.2 Å². The predicted octanol–water partition coefficient (Wildman–Crippen LogP) is 2.08. The van der Waals surface area contributed by atoms with E-state index in [9.17, 15) is 8.42 Å². The van der Waals surface area contributed by atoms with Crippen LogP contribution in [0.1, 0.15) is 38.5 Å². The number of anilines is 1. The Morgan fingerprint density at radius 2 is 1.69 bits per heavy atom. The van der Waals surface area contributed by atoms with Gasteiger partial charge in [0.25, 0.3) is 0 Å². The molecule has 0 bridgehead atoms. The standard InChI is InChI=1S/C21H35N5O2S/c1-24-12-14-26(15-13-24)29(27,28)20-6-7-21(22-16-20)23-19-8-10-25(11-9-19)17-18-4-2-3-5-18/h6-7,16,18-19H,2-5,8-15,17H2,1H3,(H,22,23). The van der Waals surface area contributed by atoms with Gasteiger partial charge < -0.3 is 15.1 Å². The van der Waals surface area contributed by atoms with E-state index >= 15 is 0 Å². The second kappa shape index (κ2) is 9.29. The molecule has 0 spiro atoms. The number of hydrogen-bond donors (Lipinski definition) is 1. The van der Waals surface area contributed by atoms with Crippen LogP contribution in [0.5, 0.6) is 0 Å². The number of hydrogen-bond acceptors (Lipinski definition) is 6. The molecular formula is C21H35N5O2S. The predicted molar refractivity (Wildman–Crippen MR) is 116 cm³/mol. The summed E-state index contributed by atoms with van der Waals surface area (Å²) in [4.78, 5) is 9.47. The van der Waals surface area contributed by atoms with Gasteiger partial charge in [0, 0.05) is 58.1 Å². The molecule has 3 aliphatic rings. The van der Waals surface area contributed by atoms with Crippen LogP contribution >= 0.6 is 0 Å². The van der Waals surface area contributed by atoms with Gasteiger partial charge in [-0.3, -0.25) is 0 Å². The molecule has 0 radical (unpaired) electrons. The number of likely N-dealkylation sites (N-methyl/N-ethyl adjacent to an activating group) is 1. The molecule has 0 atom stereocenters. The average Bonchev–Trinajstić information content (AvgIpc) is 3.23. The van der Waals surface area contributed by atoms with Crippen molar-refractivity contribution in [3.8, 4) is 0 Å². The number of piperidine rings is 1. The van der Waals surface area contributed by atoms with Crippen molar-refractivity contribution in [2.24, 2.45) is 5.92 Å². The summed E-state index contributed by atoms with van der Waals surface area (Å²) in [5, 5.41) is 3.51. The summed E-state index contributed by atoms with van der Waals surface area (Å²) >= 11 is 0. The van der Waals surface area contributed by atoms with Crippen LogP contribution in [0.3, 0.4) is 0 Å². The minimum atomic E-state index is -3.44. The van der Waals surface area contributed by atoms with E-state index in [1.165, 1.54) is 38.4 Å². The Balaban J connectivity index is 1.27. The maximum absolute atomic E-state index is 12.8. The molecule has 0 unspecified atom stereocenters. The first-order valence-electron chi connectivity index (χ1n) is 11.1. The lowest BCUT2D eigenvalue weighted by molar-refractivity contribution is 0.189. The summed E-state index contributed by atoms with van der Waals surface area (Å²) < 4.78 is 27.2. The summed E-state index contributed by atoms with van der Waals surface area (Å²) in [5.41, 5.74) is 0. The fourth-order valence-electron chi connectivity index (χ4n) is 4.82. The van der Waals surface area contributed by atoms with E-state index in [0.717, 1.165) is 50.8 Å². The van der Waals surface area contributed by atoms with Gasteiger partial charge in [-0.2, -0.15) is 4.31 Å². The zero-order valence-electron chi connectivity index (χ0n) is 17.6. The van der Waals surface area contributed by atoms with Crippen molar-refractivity contribution < 1.29 is 8.42 Å². The van der Waals surface area contributed by atoms with Gasteiger partial charge in [-0.05, 0) is 50.8 Å². The first-order valence-corrected chi connectivity index (χ1v) is 12.6. The smallest absolute Gasteiger partial charge is 0.244 e. The topological polar surface area (TPSA) is 68.8 Å². The van der Waals surface area contributed by atoms with Crippen LogP contribution in [0.4, 0.5) is 5.82 Å². The average molecular weight is 422 g/mol. The number of aromatic nitrogens is 1. The van der Waals surface area contributed by atoms with E-state index in [2.05, 4.69) is 20.1 Å². The molecule has 3 fully saturated rings. The summed E-state index contributed by atoms with van der Waals surface area (Å²) in [6.45, 7) is 6.17. The van der Waals surface area contributed by atoms with Gasteiger partial charge in [0.2, 0.25) is 10.0 Å². The Hall–Kier alpha value is -1.22. The molecule has 1 saturated carbocycles. The quantitative estimate of drug-likeness (QED) is 0.759. The van der Waals surface area contributed by atoms with Gasteiger partial charge in [-0.15, -0.1) is 0 Å². The maximum Gasteiger partial charge on any atom is 0.244 e. The summed E-state index contributed by atoms with van der Waals surface area (Å²) in [6.07, 6.45) is 9.39. The van der Waals surface area contributed by atoms with Crippen LogP contribution in [-0.2, 0) is 10.0 Å². The Morgan fingerprint density at radius 3 is 2.31 bits per heavy atom. The lowest BCUT2D eigenvalue weighted by Gasteiger charge is -2.34. The van der Waals surface area contributed by atoms with Gasteiger partial charge in [0.15, 0.2) is 0 Å². The van der Waals surface area contributed by atoms with Crippen LogP contribution in [0.25, 0.3) is 0 Å². The van der Waals surface area contributed by atoms with Crippen molar-refractivity contribution in [3.05, 3.63) is 18.3 Å². The number of nitrogens with zero attached hydrogens (tertiary/aromatic N) is 4. The van der Waals surface area contributed by atoms with Crippen LogP contribution in [0, 0.1) is 5.92 Å². The van der Waals surface area contributed by atoms with Crippen molar-refractivity contribution in [3.63, 3.8) is 0 Å². The number of pyridine rings is 1. The monoisotopic (exact) mass is 421 g/mol. The van der Waals surface area contributed by atoms with Gasteiger partial charge in [-0.25, -0.2) is 13.4 Å². The Kier molecular flexibility index (Phi) is 6.73. The van der Waals surface area contributed by atoms with E-state index in [-0.39, 0.29) is 0 Å². The molecule has 162 valence electrons. The normalized spacial score (nSPS) is 24.2. The van der Waals surface area contributed by atoms with Gasteiger partial charge in [0.05, 0.1) is 0 Å². The zero-order chi connectivity index (χ0) is 20.3. The Morgan fingerprint density at radius 1 is 1.00 bits per heavy atom. The summed E-state index contributed by atoms with van der Waals surface area (Å²) in [7, 11) is -1.43. The molecule has 1 aliphatic carbocycles. The van der Waals surface area contributed by atoms with Crippen molar-refractivity contribution in [2.75, 3.05) is 58.2 Å². The molecule has 3 heterocycles. The zero-order valence-corrected chi connectivity index (χ0v) is 18.4. The molecule has 29 heavy (non-hydrogen) atoms. The lowest BCUT2D eigenvalue weighted by atomic mass is 10.0. The van der Waals surface area contributed by atoms with Crippen LogP contribution in [0.2, 0.25) is 0 Å². The van der Waals surface area contributed by atoms with E-state index in [0.29, 0.717) is 24.0 Å². The fraction of sp³-hybridized carbons (Fsp3) is 0.762.